The van der Waals surface area contributed by atoms with Crippen LogP contribution in [0.3, 0.4) is 0 Å². The molecule has 1 aromatic heterocycles. The Morgan fingerprint density at radius 1 is 0.875 bits per heavy atom. The average molecular weight is 439 g/mol. The third-order valence-corrected chi connectivity index (χ3v) is 4.06. The van der Waals surface area contributed by atoms with E-state index in [0.29, 0.717) is 28.6 Å². The highest BCUT2D eigenvalue weighted by Gasteiger charge is 2.14. The van der Waals surface area contributed by atoms with Crippen LogP contribution >= 0.6 is 0 Å². The summed E-state index contributed by atoms with van der Waals surface area (Å²) < 4.78 is 21.3. The molecule has 0 spiro atoms. The first kappa shape index (κ1) is 22.2. The van der Waals surface area contributed by atoms with E-state index in [2.05, 4.69) is 5.16 Å². The van der Waals surface area contributed by atoms with Gasteiger partial charge in [-0.3, -0.25) is 4.79 Å². The van der Waals surface area contributed by atoms with Gasteiger partial charge in [0.25, 0.3) is 5.91 Å². The molecule has 0 saturated carbocycles. The molecule has 0 aliphatic rings. The van der Waals surface area contributed by atoms with Crippen LogP contribution in [-0.4, -0.2) is 31.4 Å². The van der Waals surface area contributed by atoms with Crippen molar-refractivity contribution in [2.75, 3.05) is 13.7 Å². The van der Waals surface area contributed by atoms with Gasteiger partial charge in [0.15, 0.2) is 12.4 Å². The minimum atomic E-state index is -0.815. The fourth-order valence-corrected chi connectivity index (χ4v) is 2.46. The molecule has 0 saturated heterocycles. The lowest BCUT2D eigenvalue weighted by atomic mass is 10.2. The summed E-state index contributed by atoms with van der Waals surface area (Å²) in [6, 6.07) is 16.4. The highest BCUT2D eigenvalue weighted by atomic mass is 16.7. The molecule has 4 N–H and O–H groups in total. The summed E-state index contributed by atoms with van der Waals surface area (Å²) in [5.41, 5.74) is 11.3. The molecule has 2 aromatic carbocycles. The Hall–Kier alpha value is -4.47. The molecule has 1 heterocycles. The molecule has 0 fully saturated rings. The number of primary amides is 1. The number of carbonyl (C=O) groups excluding carboxylic acids is 2. The van der Waals surface area contributed by atoms with Crippen molar-refractivity contribution in [3.05, 3.63) is 77.7 Å². The number of oxime groups is 1. The first-order valence-corrected chi connectivity index (χ1v) is 9.36. The van der Waals surface area contributed by atoms with Gasteiger partial charge in [-0.15, -0.1) is 0 Å². The van der Waals surface area contributed by atoms with Crippen LogP contribution < -0.4 is 25.7 Å². The van der Waals surface area contributed by atoms with Crippen LogP contribution in [0.5, 0.6) is 17.2 Å². The zero-order chi connectivity index (χ0) is 22.9. The lowest BCUT2D eigenvalue weighted by Gasteiger charge is -2.05. The first-order valence-electron chi connectivity index (χ1n) is 9.36. The van der Waals surface area contributed by atoms with Crippen molar-refractivity contribution in [3.63, 3.8) is 0 Å². The van der Waals surface area contributed by atoms with E-state index in [4.69, 9.17) is 34.9 Å². The van der Waals surface area contributed by atoms with Crippen LogP contribution in [0.25, 0.3) is 0 Å². The van der Waals surface area contributed by atoms with Crippen molar-refractivity contribution in [2.45, 2.75) is 6.61 Å². The minimum Gasteiger partial charge on any atom is -0.497 e. The smallest absolute Gasteiger partial charge is 0.400 e. The van der Waals surface area contributed by atoms with Gasteiger partial charge < -0.3 is 34.9 Å². The molecule has 0 atom stereocenters. The van der Waals surface area contributed by atoms with Crippen molar-refractivity contribution in [1.29, 1.82) is 0 Å². The van der Waals surface area contributed by atoms with Crippen molar-refractivity contribution in [1.82, 2.24) is 0 Å². The largest absolute Gasteiger partial charge is 0.497 e. The molecule has 0 unspecified atom stereocenters. The summed E-state index contributed by atoms with van der Waals surface area (Å²) in [5.74, 6) is 0.705. The van der Waals surface area contributed by atoms with Gasteiger partial charge in [0.05, 0.1) is 7.11 Å². The Morgan fingerprint density at radius 2 is 1.50 bits per heavy atom. The molecule has 166 valence electrons. The van der Waals surface area contributed by atoms with Gasteiger partial charge in [-0.25, -0.2) is 4.79 Å². The number of benzene rings is 2. The van der Waals surface area contributed by atoms with Crippen LogP contribution in [-0.2, 0) is 16.2 Å². The second-order valence-electron chi connectivity index (χ2n) is 6.36. The van der Waals surface area contributed by atoms with Crippen molar-refractivity contribution < 1.29 is 33.1 Å². The van der Waals surface area contributed by atoms with E-state index >= 15 is 0 Å². The SMILES string of the molecule is COc1ccc(OCc2ccc(C(=O)O/N=C(\N)c3ccc(OCC(N)=O)cc3)o2)cc1. The first-order chi connectivity index (χ1) is 15.4. The molecule has 1 amide bonds. The number of rotatable bonds is 10. The number of carbonyl (C=O) groups is 2. The molecule has 10 nitrogen and oxygen atoms in total. The van der Waals surface area contributed by atoms with Gasteiger partial charge in [0, 0.05) is 5.56 Å². The fourth-order valence-electron chi connectivity index (χ4n) is 2.46. The summed E-state index contributed by atoms with van der Waals surface area (Å²) in [4.78, 5) is 27.7. The number of nitrogens with zero attached hydrogens (tertiary/aromatic N) is 1. The van der Waals surface area contributed by atoms with E-state index in [9.17, 15) is 9.59 Å². The summed E-state index contributed by atoms with van der Waals surface area (Å²) in [7, 11) is 1.58. The van der Waals surface area contributed by atoms with E-state index in [0.717, 1.165) is 0 Å². The molecule has 0 aliphatic carbocycles. The number of ether oxygens (including phenoxy) is 3. The number of furan rings is 1. The lowest BCUT2D eigenvalue weighted by Crippen LogP contribution is -2.20. The number of methoxy groups -OCH3 is 1. The number of amidine groups is 1. The molecule has 32 heavy (non-hydrogen) atoms. The monoisotopic (exact) mass is 439 g/mol. The third-order valence-electron chi connectivity index (χ3n) is 4.06. The predicted octanol–water partition coefficient (Wildman–Crippen LogP) is 2.21. The molecular weight excluding hydrogens is 418 g/mol. The van der Waals surface area contributed by atoms with E-state index < -0.39 is 11.9 Å². The highest BCUT2D eigenvalue weighted by Crippen LogP contribution is 2.19. The van der Waals surface area contributed by atoms with Crippen LogP contribution in [0.4, 0.5) is 0 Å². The van der Waals surface area contributed by atoms with Crippen LogP contribution in [0, 0.1) is 0 Å². The van der Waals surface area contributed by atoms with Gasteiger partial charge in [-0.2, -0.15) is 0 Å². The second-order valence-corrected chi connectivity index (χ2v) is 6.36. The standard InChI is InChI=1S/C22H21N3O7/c1-28-15-6-8-17(9-7-15)29-12-18-10-11-19(31-18)22(27)32-25-21(24)14-2-4-16(5-3-14)30-13-20(23)26/h2-11H,12-13H2,1H3,(H2,23,26)(H2,24,25). The maximum atomic E-state index is 12.1. The normalized spacial score (nSPS) is 11.0. The molecule has 0 radical (unpaired) electrons. The number of hydrogen-bond donors (Lipinski definition) is 2. The summed E-state index contributed by atoms with van der Waals surface area (Å²) >= 11 is 0. The summed E-state index contributed by atoms with van der Waals surface area (Å²) in [5, 5.41) is 3.62. The van der Waals surface area contributed by atoms with E-state index in [1.165, 1.54) is 6.07 Å². The van der Waals surface area contributed by atoms with Gasteiger partial charge in [-0.05, 0) is 60.7 Å². The quantitative estimate of drug-likeness (QED) is 0.211. The minimum absolute atomic E-state index is 0.0329. The zero-order valence-electron chi connectivity index (χ0n) is 17.1. The molecule has 3 rings (SSSR count). The Labute approximate surface area is 183 Å². The maximum Gasteiger partial charge on any atom is 0.400 e. The Morgan fingerprint density at radius 3 is 2.16 bits per heavy atom. The van der Waals surface area contributed by atoms with Gasteiger partial charge >= 0.3 is 5.97 Å². The molecular formula is C22H21N3O7. The van der Waals surface area contributed by atoms with Crippen molar-refractivity contribution in [3.8, 4) is 17.2 Å². The van der Waals surface area contributed by atoms with Gasteiger partial charge in [0.1, 0.15) is 29.6 Å². The van der Waals surface area contributed by atoms with E-state index in [1.807, 2.05) is 0 Å². The molecule has 3 aromatic rings. The van der Waals surface area contributed by atoms with Crippen LogP contribution in [0.15, 0.2) is 70.2 Å². The van der Waals surface area contributed by atoms with Crippen molar-refractivity contribution >= 4 is 17.7 Å². The number of amides is 1. The highest BCUT2D eigenvalue weighted by molar-refractivity contribution is 5.98. The lowest BCUT2D eigenvalue weighted by molar-refractivity contribution is -0.119. The topological polar surface area (TPSA) is 149 Å². The molecule has 0 bridgehead atoms. The van der Waals surface area contributed by atoms with Crippen molar-refractivity contribution in [2.24, 2.45) is 16.6 Å². The average Bonchev–Trinajstić information content (AvgIpc) is 3.29. The summed E-state index contributed by atoms with van der Waals surface area (Å²) in [6.45, 7) is -0.119. The second kappa shape index (κ2) is 10.5. The third kappa shape index (κ3) is 6.26. The van der Waals surface area contributed by atoms with Gasteiger partial charge in [-0.1, -0.05) is 5.16 Å². The van der Waals surface area contributed by atoms with E-state index in [-0.39, 0.29) is 24.8 Å². The van der Waals surface area contributed by atoms with Gasteiger partial charge in [0.2, 0.25) is 5.76 Å². The van der Waals surface area contributed by atoms with Crippen LogP contribution in [0.1, 0.15) is 21.9 Å². The zero-order valence-corrected chi connectivity index (χ0v) is 17.1. The maximum absolute atomic E-state index is 12.1. The van der Waals surface area contributed by atoms with Crippen LogP contribution in [0.2, 0.25) is 0 Å². The summed E-state index contributed by atoms with van der Waals surface area (Å²) in [6.07, 6.45) is 0. The number of nitrogens with two attached hydrogens (primary N) is 2. The predicted molar refractivity (Wildman–Crippen MR) is 113 cm³/mol. The Bertz CT molecular complexity index is 1090. The Balaban J connectivity index is 1.52. The fraction of sp³-hybridized carbons (Fsp3) is 0.136. The molecule has 10 heteroatoms. The van der Waals surface area contributed by atoms with E-state index in [1.54, 1.807) is 61.7 Å². The molecule has 0 aliphatic heterocycles. The number of hydrogen-bond acceptors (Lipinski definition) is 8. The Kier molecular flexibility index (Phi) is 7.31.